The standard InChI is InChI=1S/C30H30N2O/c1-19(2)12-20-13-29-27(32-18-20)17-28(33-29)22-10-11-31-26(16-22)23-14-21-8-6-7-9-24(21)25(15-23)30(3,4)5/h6-11,13-19H,12H2,1-5H3. The van der Waals surface area contributed by atoms with Crippen molar-refractivity contribution in [1.82, 2.24) is 9.97 Å². The van der Waals surface area contributed by atoms with E-state index >= 15 is 0 Å². The number of hydrogen-bond acceptors (Lipinski definition) is 3. The van der Waals surface area contributed by atoms with Crippen LogP contribution < -0.4 is 0 Å². The van der Waals surface area contributed by atoms with Gasteiger partial charge >= 0.3 is 0 Å². The van der Waals surface area contributed by atoms with E-state index in [9.17, 15) is 0 Å². The van der Waals surface area contributed by atoms with Crippen molar-refractivity contribution >= 4 is 21.9 Å². The maximum atomic E-state index is 6.23. The fourth-order valence-electron chi connectivity index (χ4n) is 4.50. The molecule has 2 aromatic carbocycles. The lowest BCUT2D eigenvalue weighted by Gasteiger charge is -2.22. The number of pyridine rings is 2. The molecular formula is C30H30N2O. The minimum Gasteiger partial charge on any atom is -0.454 e. The van der Waals surface area contributed by atoms with Gasteiger partial charge in [0.1, 0.15) is 11.3 Å². The largest absolute Gasteiger partial charge is 0.454 e. The van der Waals surface area contributed by atoms with Crippen LogP contribution in [0.2, 0.25) is 0 Å². The molecular weight excluding hydrogens is 404 g/mol. The predicted octanol–water partition coefficient (Wildman–Crippen LogP) is 8.21. The molecule has 0 aliphatic rings. The zero-order valence-corrected chi connectivity index (χ0v) is 20.0. The van der Waals surface area contributed by atoms with Crippen molar-refractivity contribution < 1.29 is 4.42 Å². The number of aromatic nitrogens is 2. The summed E-state index contributed by atoms with van der Waals surface area (Å²) in [6.07, 6.45) is 4.82. The number of benzene rings is 2. The third-order valence-electron chi connectivity index (χ3n) is 6.08. The Bertz CT molecular complexity index is 1450. The molecule has 0 bridgehead atoms. The summed E-state index contributed by atoms with van der Waals surface area (Å²) in [7, 11) is 0. The van der Waals surface area contributed by atoms with Gasteiger partial charge in [-0.05, 0) is 70.0 Å². The van der Waals surface area contributed by atoms with Crippen LogP contribution in [0, 0.1) is 5.92 Å². The van der Waals surface area contributed by atoms with E-state index < -0.39 is 0 Å². The third-order valence-corrected chi connectivity index (χ3v) is 6.08. The summed E-state index contributed by atoms with van der Waals surface area (Å²) in [6, 6.07) is 21.4. The highest BCUT2D eigenvalue weighted by molar-refractivity contribution is 5.91. The quantitative estimate of drug-likeness (QED) is 0.286. The van der Waals surface area contributed by atoms with Crippen LogP contribution in [0.4, 0.5) is 0 Å². The van der Waals surface area contributed by atoms with E-state index in [2.05, 4.69) is 88.1 Å². The summed E-state index contributed by atoms with van der Waals surface area (Å²) in [4.78, 5) is 9.33. The monoisotopic (exact) mass is 434 g/mol. The lowest BCUT2D eigenvalue weighted by molar-refractivity contribution is 0.596. The van der Waals surface area contributed by atoms with Crippen LogP contribution >= 0.6 is 0 Å². The van der Waals surface area contributed by atoms with Gasteiger partial charge in [-0.3, -0.25) is 9.97 Å². The van der Waals surface area contributed by atoms with Crippen molar-refractivity contribution in [2.75, 3.05) is 0 Å². The second-order valence-corrected chi connectivity index (χ2v) is 10.4. The molecule has 0 atom stereocenters. The van der Waals surface area contributed by atoms with Crippen molar-refractivity contribution in [3.63, 3.8) is 0 Å². The molecule has 33 heavy (non-hydrogen) atoms. The number of rotatable bonds is 4. The smallest absolute Gasteiger partial charge is 0.153 e. The topological polar surface area (TPSA) is 38.9 Å². The normalized spacial score (nSPS) is 12.2. The SMILES string of the molecule is CC(C)Cc1cnc2cc(-c3ccnc(-c4cc(C(C)(C)C)c5ccccc5c4)c3)oc2c1. The van der Waals surface area contributed by atoms with Gasteiger partial charge in [-0.15, -0.1) is 0 Å². The van der Waals surface area contributed by atoms with Crippen LogP contribution in [0.3, 0.4) is 0 Å². The van der Waals surface area contributed by atoms with Crippen molar-refractivity contribution in [1.29, 1.82) is 0 Å². The summed E-state index contributed by atoms with van der Waals surface area (Å²) in [6.45, 7) is 11.2. The first-order valence-electron chi connectivity index (χ1n) is 11.7. The molecule has 3 nitrogen and oxygen atoms in total. The van der Waals surface area contributed by atoms with Crippen LogP contribution in [0.15, 0.2) is 77.5 Å². The van der Waals surface area contributed by atoms with Crippen LogP contribution in [0.5, 0.6) is 0 Å². The molecule has 0 radical (unpaired) electrons. The first-order valence-corrected chi connectivity index (χ1v) is 11.7. The van der Waals surface area contributed by atoms with Gasteiger partial charge < -0.3 is 4.42 Å². The van der Waals surface area contributed by atoms with Crippen LogP contribution in [-0.4, -0.2) is 9.97 Å². The van der Waals surface area contributed by atoms with E-state index in [0.29, 0.717) is 5.92 Å². The van der Waals surface area contributed by atoms with Gasteiger partial charge in [0, 0.05) is 29.6 Å². The Morgan fingerprint density at radius 2 is 1.70 bits per heavy atom. The molecule has 0 fully saturated rings. The fourth-order valence-corrected chi connectivity index (χ4v) is 4.50. The van der Waals surface area contributed by atoms with Crippen LogP contribution in [-0.2, 0) is 11.8 Å². The Balaban J connectivity index is 1.58. The highest BCUT2D eigenvalue weighted by Gasteiger charge is 2.19. The van der Waals surface area contributed by atoms with Crippen molar-refractivity contribution in [3.8, 4) is 22.6 Å². The second kappa shape index (κ2) is 8.15. The minimum atomic E-state index is 0.0331. The Morgan fingerprint density at radius 3 is 2.48 bits per heavy atom. The first-order chi connectivity index (χ1) is 15.8. The molecule has 0 aliphatic carbocycles. The van der Waals surface area contributed by atoms with Crippen LogP contribution in [0.1, 0.15) is 45.7 Å². The first kappa shape index (κ1) is 21.4. The molecule has 0 unspecified atom stereocenters. The molecule has 5 aromatic rings. The van der Waals surface area contributed by atoms with Crippen LogP contribution in [0.25, 0.3) is 44.5 Å². The fraction of sp³-hybridized carbons (Fsp3) is 0.267. The van der Waals surface area contributed by atoms with Gasteiger partial charge in [-0.25, -0.2) is 0 Å². The second-order valence-electron chi connectivity index (χ2n) is 10.4. The molecule has 0 aliphatic heterocycles. The highest BCUT2D eigenvalue weighted by atomic mass is 16.3. The highest BCUT2D eigenvalue weighted by Crippen LogP contribution is 2.35. The van der Waals surface area contributed by atoms with E-state index in [1.54, 1.807) is 0 Å². The maximum absolute atomic E-state index is 6.23. The summed E-state index contributed by atoms with van der Waals surface area (Å²) in [5.74, 6) is 1.40. The molecule has 3 heterocycles. The summed E-state index contributed by atoms with van der Waals surface area (Å²) in [5.41, 5.74) is 7.36. The molecule has 3 heteroatoms. The number of hydrogen-bond donors (Lipinski definition) is 0. The maximum Gasteiger partial charge on any atom is 0.153 e. The minimum absolute atomic E-state index is 0.0331. The summed E-state index contributed by atoms with van der Waals surface area (Å²) in [5, 5.41) is 2.53. The molecule has 166 valence electrons. The Hall–Kier alpha value is -3.46. The van der Waals surface area contributed by atoms with E-state index in [1.807, 2.05) is 24.5 Å². The third kappa shape index (κ3) is 4.28. The average molecular weight is 435 g/mol. The van der Waals surface area contributed by atoms with E-state index in [0.717, 1.165) is 40.1 Å². The van der Waals surface area contributed by atoms with Crippen molar-refractivity contribution in [2.45, 2.75) is 46.5 Å². The predicted molar refractivity (Wildman–Crippen MR) is 137 cm³/mol. The molecule has 0 amide bonds. The number of fused-ring (bicyclic) bond motifs is 2. The molecule has 0 spiro atoms. The summed E-state index contributed by atoms with van der Waals surface area (Å²) < 4.78 is 6.23. The average Bonchev–Trinajstić information content (AvgIpc) is 3.21. The summed E-state index contributed by atoms with van der Waals surface area (Å²) >= 11 is 0. The Kier molecular flexibility index (Phi) is 5.28. The lowest BCUT2D eigenvalue weighted by Crippen LogP contribution is -2.12. The van der Waals surface area contributed by atoms with E-state index in [4.69, 9.17) is 9.40 Å². The molecule has 0 N–H and O–H groups in total. The lowest BCUT2D eigenvalue weighted by atomic mass is 9.82. The van der Waals surface area contributed by atoms with Gasteiger partial charge in [0.2, 0.25) is 0 Å². The van der Waals surface area contributed by atoms with Gasteiger partial charge in [-0.2, -0.15) is 0 Å². The van der Waals surface area contributed by atoms with Gasteiger partial charge in [0.05, 0.1) is 5.69 Å². The number of furan rings is 1. The molecule has 0 saturated heterocycles. The molecule has 0 saturated carbocycles. The van der Waals surface area contributed by atoms with Crippen molar-refractivity contribution in [2.24, 2.45) is 5.92 Å². The van der Waals surface area contributed by atoms with E-state index in [1.165, 1.54) is 21.9 Å². The zero-order chi connectivity index (χ0) is 23.2. The van der Waals surface area contributed by atoms with E-state index in [-0.39, 0.29) is 5.41 Å². The zero-order valence-electron chi connectivity index (χ0n) is 20.0. The van der Waals surface area contributed by atoms with Gasteiger partial charge in [0.15, 0.2) is 5.58 Å². The Morgan fingerprint density at radius 1 is 0.879 bits per heavy atom. The Labute approximate surface area is 195 Å². The molecule has 5 rings (SSSR count). The molecule has 3 aromatic heterocycles. The van der Waals surface area contributed by atoms with Gasteiger partial charge in [0.25, 0.3) is 0 Å². The van der Waals surface area contributed by atoms with Gasteiger partial charge in [-0.1, -0.05) is 58.9 Å². The van der Waals surface area contributed by atoms with Crippen molar-refractivity contribution in [3.05, 3.63) is 84.2 Å². The number of nitrogens with zero attached hydrogens (tertiary/aromatic N) is 2.